The van der Waals surface area contributed by atoms with E-state index in [0.29, 0.717) is 16.4 Å². The normalized spacial score (nSPS) is 10.2. The molecule has 0 aliphatic carbocycles. The molecule has 0 aliphatic heterocycles. The number of rotatable bonds is 4. The quantitative estimate of drug-likeness (QED) is 0.796. The monoisotopic (exact) mass is 350 g/mol. The topological polar surface area (TPSA) is 50.3 Å². The second-order valence-corrected chi connectivity index (χ2v) is 5.35. The van der Waals surface area contributed by atoms with Gasteiger partial charge in [-0.1, -0.05) is 18.2 Å². The Morgan fingerprint density at radius 1 is 1.43 bits per heavy atom. The molecule has 0 atom stereocenters. The molecule has 0 N–H and O–H groups in total. The Bertz CT molecular complexity index is 691. The maximum absolute atomic E-state index is 13.7. The van der Waals surface area contributed by atoms with Crippen LogP contribution in [0, 0.1) is 12.7 Å². The van der Waals surface area contributed by atoms with Gasteiger partial charge in [0.2, 0.25) is 6.41 Å². The number of hydrogen-bond donors (Lipinski definition) is 0. The van der Waals surface area contributed by atoms with Gasteiger partial charge >= 0.3 is 0 Å². The zero-order chi connectivity index (χ0) is 15.4. The summed E-state index contributed by atoms with van der Waals surface area (Å²) in [7, 11) is 0. The average Bonchev–Trinajstić information content (AvgIpc) is 2.46. The first kappa shape index (κ1) is 15.3. The van der Waals surface area contributed by atoms with Crippen LogP contribution in [0.2, 0.25) is 0 Å². The highest BCUT2D eigenvalue weighted by Crippen LogP contribution is 2.16. The fourth-order valence-electron chi connectivity index (χ4n) is 1.85. The van der Waals surface area contributed by atoms with E-state index in [9.17, 15) is 14.0 Å². The first-order chi connectivity index (χ1) is 10.0. The Hall–Kier alpha value is -2.08. The molecule has 0 saturated heterocycles. The molecule has 21 heavy (non-hydrogen) atoms. The van der Waals surface area contributed by atoms with Crippen molar-refractivity contribution in [1.29, 1.82) is 0 Å². The van der Waals surface area contributed by atoms with E-state index in [4.69, 9.17) is 0 Å². The van der Waals surface area contributed by atoms with Crippen LogP contribution in [0.3, 0.4) is 0 Å². The molecule has 0 fully saturated rings. The Morgan fingerprint density at radius 3 is 2.76 bits per heavy atom. The molecule has 0 radical (unpaired) electrons. The fraction of sp³-hybridized carbons (Fsp3) is 0.133. The summed E-state index contributed by atoms with van der Waals surface area (Å²) in [6, 6.07) is 8.15. The van der Waals surface area contributed by atoms with Gasteiger partial charge in [0.1, 0.15) is 5.82 Å². The lowest BCUT2D eigenvalue weighted by Crippen LogP contribution is -2.30. The third-order valence-electron chi connectivity index (χ3n) is 2.97. The van der Waals surface area contributed by atoms with E-state index in [1.54, 1.807) is 31.2 Å². The van der Waals surface area contributed by atoms with Crippen LogP contribution in [-0.4, -0.2) is 22.2 Å². The highest BCUT2D eigenvalue weighted by Gasteiger charge is 2.19. The van der Waals surface area contributed by atoms with Gasteiger partial charge < -0.3 is 0 Å². The van der Waals surface area contributed by atoms with Gasteiger partial charge in [0.05, 0.1) is 12.2 Å². The molecule has 0 spiro atoms. The van der Waals surface area contributed by atoms with E-state index >= 15 is 0 Å². The molecule has 6 heteroatoms. The van der Waals surface area contributed by atoms with Gasteiger partial charge in [0.25, 0.3) is 5.91 Å². The SMILES string of the molecule is Cc1ccccc1C(=O)N(C=O)Cc1ncc(Br)cc1F. The third kappa shape index (κ3) is 3.52. The summed E-state index contributed by atoms with van der Waals surface area (Å²) in [6.07, 6.45) is 1.80. The van der Waals surface area contributed by atoms with E-state index < -0.39 is 11.7 Å². The number of pyridine rings is 1. The van der Waals surface area contributed by atoms with E-state index in [-0.39, 0.29) is 12.2 Å². The maximum atomic E-state index is 13.7. The second-order valence-electron chi connectivity index (χ2n) is 4.44. The molecule has 1 heterocycles. The predicted molar refractivity (Wildman–Crippen MR) is 79.0 cm³/mol. The summed E-state index contributed by atoms with van der Waals surface area (Å²) in [5, 5.41) is 0. The Morgan fingerprint density at radius 2 is 2.14 bits per heavy atom. The van der Waals surface area contributed by atoms with Crippen molar-refractivity contribution >= 4 is 28.2 Å². The molecule has 4 nitrogen and oxygen atoms in total. The Kier molecular flexibility index (Phi) is 4.80. The number of aryl methyl sites for hydroxylation is 1. The van der Waals surface area contributed by atoms with E-state index in [2.05, 4.69) is 20.9 Å². The van der Waals surface area contributed by atoms with Gasteiger partial charge in [-0.15, -0.1) is 0 Å². The van der Waals surface area contributed by atoms with Crippen LogP contribution in [-0.2, 0) is 11.3 Å². The van der Waals surface area contributed by atoms with Gasteiger partial charge in [0, 0.05) is 16.2 Å². The van der Waals surface area contributed by atoms with Crippen molar-refractivity contribution in [3.63, 3.8) is 0 Å². The van der Waals surface area contributed by atoms with Crippen LogP contribution in [0.5, 0.6) is 0 Å². The number of halogens is 2. The van der Waals surface area contributed by atoms with Gasteiger partial charge in [-0.05, 0) is 40.5 Å². The van der Waals surface area contributed by atoms with Crippen molar-refractivity contribution in [1.82, 2.24) is 9.88 Å². The molecule has 2 rings (SSSR count). The lowest BCUT2D eigenvalue weighted by Gasteiger charge is -2.16. The number of carbonyl (C=O) groups is 2. The first-order valence-electron chi connectivity index (χ1n) is 6.14. The summed E-state index contributed by atoms with van der Waals surface area (Å²) >= 11 is 3.10. The minimum absolute atomic E-state index is 0.0345. The van der Waals surface area contributed by atoms with Crippen LogP contribution in [0.25, 0.3) is 0 Å². The highest BCUT2D eigenvalue weighted by molar-refractivity contribution is 9.10. The van der Waals surface area contributed by atoms with Gasteiger partial charge in [-0.2, -0.15) is 0 Å². The van der Waals surface area contributed by atoms with Crippen LogP contribution >= 0.6 is 15.9 Å². The van der Waals surface area contributed by atoms with Gasteiger partial charge in [0.15, 0.2) is 0 Å². The molecule has 1 aromatic carbocycles. The minimum Gasteiger partial charge on any atom is -0.278 e. The van der Waals surface area contributed by atoms with Gasteiger partial charge in [-0.25, -0.2) is 4.39 Å². The van der Waals surface area contributed by atoms with Crippen molar-refractivity contribution in [2.24, 2.45) is 0 Å². The third-order valence-corrected chi connectivity index (χ3v) is 3.40. The zero-order valence-electron chi connectivity index (χ0n) is 11.2. The Balaban J connectivity index is 2.26. The molecule has 0 bridgehead atoms. The molecule has 0 saturated carbocycles. The number of hydrogen-bond acceptors (Lipinski definition) is 3. The summed E-state index contributed by atoms with van der Waals surface area (Å²) in [6.45, 7) is 1.56. The average molecular weight is 351 g/mol. The van der Waals surface area contributed by atoms with Crippen molar-refractivity contribution < 1.29 is 14.0 Å². The van der Waals surface area contributed by atoms with Crippen LogP contribution in [0.1, 0.15) is 21.6 Å². The summed E-state index contributed by atoms with van der Waals surface area (Å²) in [4.78, 5) is 28.3. The predicted octanol–water partition coefficient (Wildman–Crippen LogP) is 3.09. The summed E-state index contributed by atoms with van der Waals surface area (Å²) in [5.74, 6) is -1.05. The fourth-order valence-corrected chi connectivity index (χ4v) is 2.15. The van der Waals surface area contributed by atoms with Crippen LogP contribution in [0.15, 0.2) is 41.0 Å². The van der Waals surface area contributed by atoms with Crippen molar-refractivity contribution in [2.75, 3.05) is 0 Å². The summed E-state index contributed by atoms with van der Waals surface area (Å²) in [5.41, 5.74) is 1.19. The second kappa shape index (κ2) is 6.58. The van der Waals surface area contributed by atoms with Gasteiger partial charge in [-0.3, -0.25) is 19.5 Å². The maximum Gasteiger partial charge on any atom is 0.260 e. The van der Waals surface area contributed by atoms with E-state index in [1.807, 2.05) is 0 Å². The van der Waals surface area contributed by atoms with Crippen LogP contribution in [0.4, 0.5) is 4.39 Å². The molecule has 0 unspecified atom stereocenters. The van der Waals surface area contributed by atoms with E-state index in [1.165, 1.54) is 12.3 Å². The molecule has 1 aromatic heterocycles. The number of nitrogens with zero attached hydrogens (tertiary/aromatic N) is 2. The Labute approximate surface area is 129 Å². The number of imide groups is 1. The number of aromatic nitrogens is 1. The molecule has 108 valence electrons. The number of amides is 2. The van der Waals surface area contributed by atoms with E-state index in [0.717, 1.165) is 10.5 Å². The molecular weight excluding hydrogens is 339 g/mol. The van der Waals surface area contributed by atoms with Crippen molar-refractivity contribution in [3.05, 3.63) is 63.6 Å². The zero-order valence-corrected chi connectivity index (χ0v) is 12.8. The lowest BCUT2D eigenvalue weighted by atomic mass is 10.1. The largest absolute Gasteiger partial charge is 0.278 e. The molecule has 2 aromatic rings. The van der Waals surface area contributed by atoms with Crippen LogP contribution < -0.4 is 0 Å². The molecule has 2 amide bonds. The van der Waals surface area contributed by atoms with Crippen molar-refractivity contribution in [3.8, 4) is 0 Å². The number of benzene rings is 1. The smallest absolute Gasteiger partial charge is 0.260 e. The highest BCUT2D eigenvalue weighted by atomic mass is 79.9. The summed E-state index contributed by atoms with van der Waals surface area (Å²) < 4.78 is 14.2. The number of carbonyl (C=O) groups excluding carboxylic acids is 2. The molecular formula is C15H12BrFN2O2. The first-order valence-corrected chi connectivity index (χ1v) is 6.94. The molecule has 0 aliphatic rings. The lowest BCUT2D eigenvalue weighted by molar-refractivity contribution is -0.116. The standard InChI is InChI=1S/C15H12BrFN2O2/c1-10-4-2-3-5-12(10)15(21)19(9-20)8-14-13(17)6-11(16)7-18-14/h2-7,9H,8H2,1H3. The minimum atomic E-state index is -0.575. The van der Waals surface area contributed by atoms with Crippen molar-refractivity contribution in [2.45, 2.75) is 13.5 Å².